The van der Waals surface area contributed by atoms with E-state index in [-0.39, 0.29) is 23.3 Å². The molecule has 1 atom stereocenters. The van der Waals surface area contributed by atoms with Crippen molar-refractivity contribution >= 4 is 34.4 Å². The molecule has 1 aliphatic heterocycles. The van der Waals surface area contributed by atoms with E-state index in [0.29, 0.717) is 16.2 Å². The molecule has 3 heterocycles. The molecule has 1 aliphatic rings. The maximum Gasteiger partial charge on any atom is 0.262 e. The van der Waals surface area contributed by atoms with E-state index in [0.717, 1.165) is 17.8 Å². The second-order valence-electron chi connectivity index (χ2n) is 7.23. The average molecular weight is 417 g/mol. The number of rotatable bonds is 4. The highest BCUT2D eigenvalue weighted by atomic mass is 32.2. The number of fused-ring (bicyclic) bond motifs is 2. The third kappa shape index (κ3) is 3.19. The number of anilines is 1. The van der Waals surface area contributed by atoms with Gasteiger partial charge in [-0.25, -0.2) is 9.67 Å². The number of H-pyrrole nitrogens is 1. The van der Waals surface area contributed by atoms with Crippen LogP contribution in [0.1, 0.15) is 12.5 Å². The number of thioether (sulfide) groups is 1. The summed E-state index contributed by atoms with van der Waals surface area (Å²) < 4.78 is 1.63. The van der Waals surface area contributed by atoms with E-state index in [1.54, 1.807) is 4.68 Å². The van der Waals surface area contributed by atoms with Gasteiger partial charge in [-0.2, -0.15) is 5.10 Å². The Morgan fingerprint density at radius 3 is 2.77 bits per heavy atom. The van der Waals surface area contributed by atoms with Crippen molar-refractivity contribution in [3.05, 3.63) is 76.7 Å². The molecule has 0 aliphatic carbocycles. The second-order valence-corrected chi connectivity index (χ2v) is 8.20. The summed E-state index contributed by atoms with van der Waals surface area (Å²) in [7, 11) is 0. The lowest BCUT2D eigenvalue weighted by Crippen LogP contribution is -2.37. The third-order valence-electron chi connectivity index (χ3n) is 5.23. The zero-order valence-electron chi connectivity index (χ0n) is 16.3. The lowest BCUT2D eigenvalue weighted by Gasteiger charge is -2.22. The molecule has 0 unspecified atom stereocenters. The van der Waals surface area contributed by atoms with Gasteiger partial charge in [0.25, 0.3) is 5.56 Å². The molecular formula is C22H19N5O2S. The number of aromatic nitrogens is 4. The molecule has 0 radical (unpaired) electrons. The SMILES string of the molecule is C[C@H]1Cc2ccccc2N1C(=O)CSc1nc2c(cnn2-c2ccccc2)c(=O)[nH]1. The Balaban J connectivity index is 1.41. The summed E-state index contributed by atoms with van der Waals surface area (Å²) in [5.74, 6) is 0.184. The van der Waals surface area contributed by atoms with E-state index in [1.165, 1.54) is 23.5 Å². The molecule has 7 nitrogen and oxygen atoms in total. The number of amides is 1. The fraction of sp³-hybridized carbons (Fsp3) is 0.182. The van der Waals surface area contributed by atoms with Crippen LogP contribution in [0, 0.1) is 0 Å². The number of aromatic amines is 1. The average Bonchev–Trinajstić information content (AvgIpc) is 3.33. The van der Waals surface area contributed by atoms with Gasteiger partial charge in [0.2, 0.25) is 5.91 Å². The summed E-state index contributed by atoms with van der Waals surface area (Å²) >= 11 is 1.23. The zero-order chi connectivity index (χ0) is 20.7. The van der Waals surface area contributed by atoms with Crippen molar-refractivity contribution in [1.82, 2.24) is 19.7 Å². The molecule has 5 rings (SSSR count). The molecule has 0 fully saturated rings. The van der Waals surface area contributed by atoms with Crippen molar-refractivity contribution in [2.75, 3.05) is 10.7 Å². The Bertz CT molecular complexity index is 1300. The van der Waals surface area contributed by atoms with Gasteiger partial charge in [0.1, 0.15) is 5.39 Å². The van der Waals surface area contributed by atoms with E-state index in [9.17, 15) is 9.59 Å². The number of benzene rings is 2. The van der Waals surface area contributed by atoms with E-state index in [2.05, 4.69) is 21.1 Å². The van der Waals surface area contributed by atoms with Crippen molar-refractivity contribution in [2.24, 2.45) is 0 Å². The van der Waals surface area contributed by atoms with Crippen molar-refractivity contribution < 1.29 is 4.79 Å². The number of carbonyl (C=O) groups excluding carboxylic acids is 1. The van der Waals surface area contributed by atoms with Gasteiger partial charge < -0.3 is 9.88 Å². The van der Waals surface area contributed by atoms with Crippen LogP contribution in [0.5, 0.6) is 0 Å². The van der Waals surface area contributed by atoms with Gasteiger partial charge in [-0.3, -0.25) is 9.59 Å². The quantitative estimate of drug-likeness (QED) is 0.407. The lowest BCUT2D eigenvalue weighted by atomic mass is 10.1. The van der Waals surface area contributed by atoms with Crippen molar-refractivity contribution in [1.29, 1.82) is 0 Å². The maximum atomic E-state index is 12.9. The standard InChI is InChI=1S/C22H19N5O2S/c1-14-11-15-7-5-6-10-18(15)26(14)19(28)13-30-22-24-20-17(21(29)25-22)12-23-27(20)16-8-3-2-4-9-16/h2-10,12,14H,11,13H2,1H3,(H,24,25,29)/t14-/m0/s1. The lowest BCUT2D eigenvalue weighted by molar-refractivity contribution is -0.116. The van der Waals surface area contributed by atoms with Crippen LogP contribution >= 0.6 is 11.8 Å². The highest BCUT2D eigenvalue weighted by molar-refractivity contribution is 7.99. The first-order valence-electron chi connectivity index (χ1n) is 9.68. The maximum absolute atomic E-state index is 12.9. The number of hydrogen-bond donors (Lipinski definition) is 1. The molecule has 30 heavy (non-hydrogen) atoms. The van der Waals surface area contributed by atoms with E-state index >= 15 is 0 Å². The minimum absolute atomic E-state index is 0.00300. The van der Waals surface area contributed by atoms with Gasteiger partial charge in [0, 0.05) is 11.7 Å². The van der Waals surface area contributed by atoms with Gasteiger partial charge in [0.15, 0.2) is 10.8 Å². The molecule has 8 heteroatoms. The first-order chi connectivity index (χ1) is 14.6. The van der Waals surface area contributed by atoms with Crippen LogP contribution < -0.4 is 10.5 Å². The van der Waals surface area contributed by atoms with Crippen LogP contribution in [0.3, 0.4) is 0 Å². The van der Waals surface area contributed by atoms with Gasteiger partial charge in [-0.05, 0) is 37.1 Å². The minimum Gasteiger partial charge on any atom is -0.308 e. The Morgan fingerprint density at radius 1 is 1.17 bits per heavy atom. The van der Waals surface area contributed by atoms with E-state index in [4.69, 9.17) is 0 Å². The summed E-state index contributed by atoms with van der Waals surface area (Å²) in [6.07, 6.45) is 2.36. The Hall–Kier alpha value is -3.39. The Labute approximate surface area is 176 Å². The van der Waals surface area contributed by atoms with E-state index < -0.39 is 0 Å². The summed E-state index contributed by atoms with van der Waals surface area (Å²) in [5.41, 5.74) is 3.18. The van der Waals surface area contributed by atoms with Crippen molar-refractivity contribution in [2.45, 2.75) is 24.5 Å². The fourth-order valence-corrected chi connectivity index (χ4v) is 4.59. The second kappa shape index (κ2) is 7.46. The number of para-hydroxylation sites is 2. The molecule has 2 aromatic carbocycles. The molecule has 2 aromatic heterocycles. The molecular weight excluding hydrogens is 398 g/mol. The molecule has 1 N–H and O–H groups in total. The first-order valence-corrected chi connectivity index (χ1v) is 10.7. The normalized spacial score (nSPS) is 15.5. The molecule has 4 aromatic rings. The predicted molar refractivity (Wildman–Crippen MR) is 117 cm³/mol. The van der Waals surface area contributed by atoms with Crippen LogP contribution in [-0.2, 0) is 11.2 Å². The van der Waals surface area contributed by atoms with E-state index in [1.807, 2.05) is 60.4 Å². The van der Waals surface area contributed by atoms with Crippen LogP contribution in [-0.4, -0.2) is 37.5 Å². The third-order valence-corrected chi connectivity index (χ3v) is 6.08. The van der Waals surface area contributed by atoms with Crippen molar-refractivity contribution in [3.63, 3.8) is 0 Å². The molecule has 1 amide bonds. The first kappa shape index (κ1) is 18.6. The minimum atomic E-state index is -0.267. The van der Waals surface area contributed by atoms with Gasteiger partial charge >= 0.3 is 0 Å². The smallest absolute Gasteiger partial charge is 0.262 e. The highest BCUT2D eigenvalue weighted by Crippen LogP contribution is 2.32. The number of hydrogen-bond acceptors (Lipinski definition) is 5. The molecule has 0 saturated heterocycles. The summed E-state index contributed by atoms with van der Waals surface area (Å²) in [6.45, 7) is 2.05. The molecule has 0 saturated carbocycles. The Kier molecular flexibility index (Phi) is 4.63. The number of nitrogens with one attached hydrogen (secondary N) is 1. The molecule has 0 spiro atoms. The molecule has 0 bridgehead atoms. The predicted octanol–water partition coefficient (Wildman–Crippen LogP) is 3.18. The van der Waals surface area contributed by atoms with Gasteiger partial charge in [-0.1, -0.05) is 48.2 Å². The van der Waals surface area contributed by atoms with Crippen LogP contribution in [0.2, 0.25) is 0 Å². The summed E-state index contributed by atoms with van der Waals surface area (Å²) in [4.78, 5) is 34.6. The van der Waals surface area contributed by atoms with Crippen LogP contribution in [0.4, 0.5) is 5.69 Å². The zero-order valence-corrected chi connectivity index (χ0v) is 17.1. The largest absolute Gasteiger partial charge is 0.308 e. The Morgan fingerprint density at radius 2 is 1.93 bits per heavy atom. The topological polar surface area (TPSA) is 83.9 Å². The van der Waals surface area contributed by atoms with Gasteiger partial charge in [0.05, 0.1) is 17.6 Å². The summed E-state index contributed by atoms with van der Waals surface area (Å²) in [6, 6.07) is 17.6. The van der Waals surface area contributed by atoms with Crippen LogP contribution in [0.15, 0.2) is 70.7 Å². The van der Waals surface area contributed by atoms with Gasteiger partial charge in [-0.15, -0.1) is 0 Å². The highest BCUT2D eigenvalue weighted by Gasteiger charge is 2.30. The summed E-state index contributed by atoms with van der Waals surface area (Å²) in [5, 5.41) is 5.13. The fourth-order valence-electron chi connectivity index (χ4n) is 3.87. The van der Waals surface area contributed by atoms with Crippen LogP contribution in [0.25, 0.3) is 16.7 Å². The van der Waals surface area contributed by atoms with Crippen molar-refractivity contribution in [3.8, 4) is 5.69 Å². The molecule has 150 valence electrons. The monoisotopic (exact) mass is 417 g/mol. The number of nitrogens with zero attached hydrogens (tertiary/aromatic N) is 4. The number of carbonyl (C=O) groups is 1.